The highest BCUT2D eigenvalue weighted by Crippen LogP contribution is 2.28. The summed E-state index contributed by atoms with van der Waals surface area (Å²) in [5.74, 6) is 0.270. The van der Waals surface area contributed by atoms with Crippen LogP contribution in [0, 0.1) is 5.92 Å². The van der Waals surface area contributed by atoms with Gasteiger partial charge >= 0.3 is 0 Å². The number of para-hydroxylation sites is 1. The fraction of sp³-hybridized carbons (Fsp3) is 0.286. The Kier molecular flexibility index (Phi) is 4.80. The van der Waals surface area contributed by atoms with Crippen molar-refractivity contribution in [3.8, 4) is 10.6 Å². The van der Waals surface area contributed by atoms with Crippen LogP contribution in [0.25, 0.3) is 21.5 Å². The van der Waals surface area contributed by atoms with E-state index in [1.54, 1.807) is 11.3 Å². The molecule has 0 radical (unpaired) electrons. The number of carbonyl (C=O) groups is 1. The zero-order valence-corrected chi connectivity index (χ0v) is 15.6. The molecule has 26 heavy (non-hydrogen) atoms. The van der Waals surface area contributed by atoms with E-state index >= 15 is 0 Å². The Morgan fingerprint density at radius 1 is 1.23 bits per heavy atom. The van der Waals surface area contributed by atoms with Gasteiger partial charge in [-0.15, -0.1) is 11.3 Å². The van der Waals surface area contributed by atoms with Crippen molar-refractivity contribution in [1.82, 2.24) is 10.4 Å². The van der Waals surface area contributed by atoms with E-state index in [1.807, 2.05) is 47.8 Å². The first-order valence-corrected chi connectivity index (χ1v) is 9.91. The monoisotopic (exact) mass is 363 g/mol. The molecule has 2 heterocycles. The molecule has 1 fully saturated rings. The summed E-state index contributed by atoms with van der Waals surface area (Å²) >= 11 is 1.62. The number of pyridine rings is 1. The molecule has 1 aliphatic rings. The number of hydrazone groups is 1. The van der Waals surface area contributed by atoms with E-state index in [0.717, 1.165) is 46.4 Å². The second-order valence-electron chi connectivity index (χ2n) is 6.74. The summed E-state index contributed by atoms with van der Waals surface area (Å²) in [6.45, 7) is 2.18. The zero-order valence-electron chi connectivity index (χ0n) is 14.7. The summed E-state index contributed by atoms with van der Waals surface area (Å²) in [5, 5.41) is 7.30. The number of benzene rings is 1. The van der Waals surface area contributed by atoms with E-state index in [2.05, 4.69) is 17.5 Å². The molecule has 132 valence electrons. The number of fused-ring (bicyclic) bond motifs is 1. The van der Waals surface area contributed by atoms with Crippen molar-refractivity contribution in [3.63, 3.8) is 0 Å². The van der Waals surface area contributed by atoms with Gasteiger partial charge in [0.05, 0.1) is 21.7 Å². The van der Waals surface area contributed by atoms with Crippen LogP contribution in [0.3, 0.4) is 0 Å². The number of rotatable bonds is 3. The maximum Gasteiger partial charge on any atom is 0.272 e. The molecular formula is C21H21N3OS. The van der Waals surface area contributed by atoms with Gasteiger partial charge in [0.1, 0.15) is 0 Å². The van der Waals surface area contributed by atoms with E-state index in [9.17, 15) is 4.79 Å². The Hall–Kier alpha value is -2.53. The van der Waals surface area contributed by atoms with Gasteiger partial charge in [-0.1, -0.05) is 37.6 Å². The Labute approximate surface area is 157 Å². The van der Waals surface area contributed by atoms with Crippen molar-refractivity contribution in [2.45, 2.75) is 32.6 Å². The van der Waals surface area contributed by atoms with Crippen molar-refractivity contribution >= 4 is 33.9 Å². The Morgan fingerprint density at radius 3 is 2.92 bits per heavy atom. The lowest BCUT2D eigenvalue weighted by Crippen LogP contribution is -2.24. The smallest absolute Gasteiger partial charge is 0.267 e. The van der Waals surface area contributed by atoms with Crippen LogP contribution in [0.1, 0.15) is 43.0 Å². The second-order valence-corrected chi connectivity index (χ2v) is 7.69. The van der Waals surface area contributed by atoms with Gasteiger partial charge in [0.2, 0.25) is 0 Å². The third-order valence-corrected chi connectivity index (χ3v) is 5.82. The molecule has 4 nitrogen and oxygen atoms in total. The van der Waals surface area contributed by atoms with Gasteiger partial charge in [-0.2, -0.15) is 5.10 Å². The van der Waals surface area contributed by atoms with Crippen molar-refractivity contribution in [1.29, 1.82) is 0 Å². The number of amides is 1. The number of hydrogen-bond donors (Lipinski definition) is 1. The molecule has 0 saturated heterocycles. The van der Waals surface area contributed by atoms with Crippen molar-refractivity contribution in [2.75, 3.05) is 0 Å². The Bertz CT molecular complexity index is 963. The number of thiophene rings is 1. The van der Waals surface area contributed by atoms with Crippen LogP contribution in [0.2, 0.25) is 0 Å². The largest absolute Gasteiger partial charge is 0.272 e. The summed E-state index contributed by atoms with van der Waals surface area (Å²) in [5.41, 5.74) is 6.15. The van der Waals surface area contributed by atoms with Crippen LogP contribution < -0.4 is 5.43 Å². The van der Waals surface area contributed by atoms with Gasteiger partial charge in [0.15, 0.2) is 0 Å². The molecule has 1 aromatic carbocycles. The van der Waals surface area contributed by atoms with Gasteiger partial charge < -0.3 is 0 Å². The Morgan fingerprint density at radius 2 is 2.12 bits per heavy atom. The molecule has 2 aromatic heterocycles. The second kappa shape index (κ2) is 7.38. The van der Waals surface area contributed by atoms with Crippen LogP contribution in [-0.4, -0.2) is 16.6 Å². The maximum atomic E-state index is 12.9. The number of aromatic nitrogens is 1. The molecule has 1 N–H and O–H groups in total. The lowest BCUT2D eigenvalue weighted by Gasteiger charge is -2.19. The summed E-state index contributed by atoms with van der Waals surface area (Å²) in [6, 6.07) is 13.6. The lowest BCUT2D eigenvalue weighted by atomic mass is 9.89. The van der Waals surface area contributed by atoms with Gasteiger partial charge in [0, 0.05) is 11.1 Å². The van der Waals surface area contributed by atoms with E-state index < -0.39 is 0 Å². The molecule has 4 rings (SSSR count). The molecule has 1 atom stereocenters. The summed E-state index contributed by atoms with van der Waals surface area (Å²) in [4.78, 5) is 18.7. The van der Waals surface area contributed by atoms with Crippen molar-refractivity contribution < 1.29 is 4.79 Å². The van der Waals surface area contributed by atoms with E-state index in [-0.39, 0.29) is 5.91 Å². The summed E-state index contributed by atoms with van der Waals surface area (Å²) in [6.07, 6.45) is 4.52. The Balaban J connectivity index is 1.70. The first-order valence-electron chi connectivity index (χ1n) is 9.03. The molecular weight excluding hydrogens is 342 g/mol. The molecule has 1 aliphatic carbocycles. The highest BCUT2D eigenvalue weighted by atomic mass is 32.1. The number of hydrogen-bond acceptors (Lipinski definition) is 4. The summed E-state index contributed by atoms with van der Waals surface area (Å²) in [7, 11) is 0. The zero-order chi connectivity index (χ0) is 17.9. The van der Waals surface area contributed by atoms with Crippen LogP contribution in [0.15, 0.2) is 52.9 Å². The van der Waals surface area contributed by atoms with E-state index in [4.69, 9.17) is 4.98 Å². The average molecular weight is 363 g/mol. The quantitative estimate of drug-likeness (QED) is 0.645. The minimum Gasteiger partial charge on any atom is -0.267 e. The van der Waals surface area contributed by atoms with Crippen molar-refractivity contribution in [2.24, 2.45) is 11.0 Å². The molecule has 0 bridgehead atoms. The van der Waals surface area contributed by atoms with Crippen LogP contribution in [-0.2, 0) is 0 Å². The summed E-state index contributed by atoms with van der Waals surface area (Å²) < 4.78 is 0. The first-order chi connectivity index (χ1) is 12.7. The molecule has 5 heteroatoms. The number of nitrogens with zero attached hydrogens (tertiary/aromatic N) is 2. The van der Waals surface area contributed by atoms with Crippen LogP contribution in [0.5, 0.6) is 0 Å². The van der Waals surface area contributed by atoms with Crippen LogP contribution in [0.4, 0.5) is 0 Å². The molecule has 3 aromatic rings. The van der Waals surface area contributed by atoms with Crippen molar-refractivity contribution in [3.05, 3.63) is 53.4 Å². The molecule has 0 aliphatic heterocycles. The van der Waals surface area contributed by atoms with Crippen LogP contribution >= 0.6 is 11.3 Å². The predicted octanol–water partition coefficient (Wildman–Crippen LogP) is 5.26. The predicted molar refractivity (Wildman–Crippen MR) is 108 cm³/mol. The lowest BCUT2D eigenvalue weighted by molar-refractivity contribution is 0.0956. The molecule has 1 amide bonds. The first kappa shape index (κ1) is 16.9. The third-order valence-electron chi connectivity index (χ3n) is 4.92. The minimum absolute atomic E-state index is 0.174. The molecule has 1 saturated carbocycles. The molecule has 0 spiro atoms. The van der Waals surface area contributed by atoms with E-state index in [0.29, 0.717) is 11.5 Å². The minimum atomic E-state index is -0.174. The normalized spacial score (nSPS) is 19.0. The highest BCUT2D eigenvalue weighted by Gasteiger charge is 2.18. The van der Waals surface area contributed by atoms with Gasteiger partial charge in [0.25, 0.3) is 5.91 Å². The van der Waals surface area contributed by atoms with Gasteiger partial charge in [-0.05, 0) is 48.8 Å². The maximum absolute atomic E-state index is 12.9. The number of nitrogens with one attached hydrogen (secondary N) is 1. The van der Waals surface area contributed by atoms with Gasteiger partial charge in [-0.3, -0.25) is 4.79 Å². The third kappa shape index (κ3) is 3.40. The van der Waals surface area contributed by atoms with E-state index in [1.165, 1.54) is 6.42 Å². The molecule has 0 unspecified atom stereocenters. The fourth-order valence-corrected chi connectivity index (χ4v) is 4.12. The number of carbonyl (C=O) groups excluding carboxylic acids is 1. The average Bonchev–Trinajstić information content (AvgIpc) is 3.21. The highest BCUT2D eigenvalue weighted by molar-refractivity contribution is 7.13. The van der Waals surface area contributed by atoms with Gasteiger partial charge in [-0.25, -0.2) is 10.4 Å². The standard InChI is InChI=1S/C21H21N3OS/c1-14-7-2-4-9-17(14)23-24-21(25)16-13-19(20-11-6-12-26-20)22-18-10-5-3-8-15(16)18/h3,5-6,8,10-14H,2,4,7,9H2,1H3,(H,24,25)/b23-17-/t14-/m1/s1. The SMILES string of the molecule is C[C@@H]1CCCC/C1=N/NC(=O)c1cc(-c2cccs2)nc2ccccc12. The topological polar surface area (TPSA) is 54.4 Å². The fourth-order valence-electron chi connectivity index (χ4n) is 3.43.